The molecule has 0 heterocycles. The molecular formula is C22H43N7O6. The minimum absolute atomic E-state index is 0.172. The number of unbranched alkanes of at least 4 members (excludes halogenated alkanes) is 2. The smallest absolute Gasteiger partial charge is 0.326 e. The Kier molecular flexibility index (Phi) is 16.2. The van der Waals surface area contributed by atoms with Crippen molar-refractivity contribution >= 4 is 29.6 Å². The number of carboxylic acids is 1. The van der Waals surface area contributed by atoms with Crippen molar-refractivity contribution in [3.8, 4) is 0 Å². The van der Waals surface area contributed by atoms with Crippen LogP contribution in [0.2, 0.25) is 0 Å². The summed E-state index contributed by atoms with van der Waals surface area (Å²) in [7, 11) is 0. The highest BCUT2D eigenvalue weighted by Crippen LogP contribution is 2.08. The number of amides is 4. The summed E-state index contributed by atoms with van der Waals surface area (Å²) in [4.78, 5) is 61.4. The lowest BCUT2D eigenvalue weighted by Gasteiger charge is -2.25. The zero-order chi connectivity index (χ0) is 27.0. The van der Waals surface area contributed by atoms with Crippen LogP contribution in [0.15, 0.2) is 0 Å². The molecule has 13 nitrogen and oxygen atoms in total. The fourth-order valence-electron chi connectivity index (χ4n) is 3.25. The summed E-state index contributed by atoms with van der Waals surface area (Å²) < 4.78 is 0. The van der Waals surface area contributed by atoms with Crippen molar-refractivity contribution in [3.63, 3.8) is 0 Å². The maximum atomic E-state index is 12.9. The van der Waals surface area contributed by atoms with Crippen molar-refractivity contribution in [2.24, 2.45) is 28.9 Å². The van der Waals surface area contributed by atoms with E-state index >= 15 is 0 Å². The van der Waals surface area contributed by atoms with Crippen LogP contribution in [0.1, 0.15) is 65.2 Å². The summed E-state index contributed by atoms with van der Waals surface area (Å²) in [5.41, 5.74) is 22.1. The number of hydrogen-bond acceptors (Lipinski definition) is 8. The second-order valence-corrected chi connectivity index (χ2v) is 8.67. The standard InChI is InChI=1S/C22H43N7O6/c1-3-13(2)18(26)21(33)29-16(12-17(25)30)20(32)27-14(8-4-6-10-23)19(31)28-15(22(34)35)9-5-7-11-24/h13-16,18H,3-12,23-24,26H2,1-2H3,(H2,25,30)(H,27,32)(H,28,31)(H,29,33)(H,34,35). The van der Waals surface area contributed by atoms with Crippen molar-refractivity contribution in [1.29, 1.82) is 0 Å². The quantitative estimate of drug-likeness (QED) is 0.0913. The molecule has 0 fully saturated rings. The summed E-state index contributed by atoms with van der Waals surface area (Å²) in [5.74, 6) is -4.35. The summed E-state index contributed by atoms with van der Waals surface area (Å²) in [6.45, 7) is 4.40. The van der Waals surface area contributed by atoms with Crippen LogP contribution in [0.5, 0.6) is 0 Å². The first kappa shape index (κ1) is 32.2. The van der Waals surface area contributed by atoms with Gasteiger partial charge in [-0.15, -0.1) is 0 Å². The lowest BCUT2D eigenvalue weighted by Crippen LogP contribution is -2.58. The van der Waals surface area contributed by atoms with E-state index in [0.717, 1.165) is 0 Å². The van der Waals surface area contributed by atoms with E-state index in [1.165, 1.54) is 0 Å². The van der Waals surface area contributed by atoms with Gasteiger partial charge in [-0.1, -0.05) is 20.3 Å². The minimum Gasteiger partial charge on any atom is -0.480 e. The van der Waals surface area contributed by atoms with Gasteiger partial charge in [0.25, 0.3) is 0 Å². The summed E-state index contributed by atoms with van der Waals surface area (Å²) in [6, 6.07) is -4.52. The summed E-state index contributed by atoms with van der Waals surface area (Å²) in [5, 5.41) is 16.8. The minimum atomic E-state index is -1.35. The predicted octanol–water partition coefficient (Wildman–Crippen LogP) is -1.97. The fourth-order valence-corrected chi connectivity index (χ4v) is 3.25. The van der Waals surface area contributed by atoms with Gasteiger partial charge in [0.2, 0.25) is 23.6 Å². The van der Waals surface area contributed by atoms with E-state index < -0.39 is 60.2 Å². The van der Waals surface area contributed by atoms with Gasteiger partial charge in [-0.3, -0.25) is 19.2 Å². The average Bonchev–Trinajstić information content (AvgIpc) is 2.80. The lowest BCUT2D eigenvalue weighted by atomic mass is 9.98. The summed E-state index contributed by atoms with van der Waals surface area (Å²) in [6.07, 6.45) is 2.63. The van der Waals surface area contributed by atoms with Gasteiger partial charge in [0.15, 0.2) is 0 Å². The average molecular weight is 502 g/mol. The molecule has 0 bridgehead atoms. The Morgan fingerprint density at radius 1 is 0.771 bits per heavy atom. The SMILES string of the molecule is CCC(C)C(N)C(=O)NC(CC(N)=O)C(=O)NC(CCCCN)C(=O)NC(CCCCN)C(=O)O. The molecule has 0 spiro atoms. The number of primary amides is 1. The van der Waals surface area contributed by atoms with E-state index in [1.54, 1.807) is 6.92 Å². The number of nitrogens with two attached hydrogens (primary N) is 4. The first-order valence-corrected chi connectivity index (χ1v) is 12.1. The molecule has 0 rings (SSSR count). The third kappa shape index (κ3) is 13.0. The molecule has 5 unspecified atom stereocenters. The Morgan fingerprint density at radius 2 is 1.23 bits per heavy atom. The highest BCUT2D eigenvalue weighted by atomic mass is 16.4. The van der Waals surface area contributed by atoms with Crippen LogP contribution >= 0.6 is 0 Å². The molecule has 0 aliphatic rings. The van der Waals surface area contributed by atoms with E-state index in [-0.39, 0.29) is 18.8 Å². The number of carboxylic acid groups (broad SMARTS) is 1. The van der Waals surface area contributed by atoms with Gasteiger partial charge in [0, 0.05) is 0 Å². The van der Waals surface area contributed by atoms with E-state index in [0.29, 0.717) is 45.2 Å². The lowest BCUT2D eigenvalue weighted by molar-refractivity contribution is -0.142. The monoisotopic (exact) mass is 501 g/mol. The highest BCUT2D eigenvalue weighted by Gasteiger charge is 2.31. The Bertz CT molecular complexity index is 706. The van der Waals surface area contributed by atoms with Crippen molar-refractivity contribution < 1.29 is 29.1 Å². The van der Waals surface area contributed by atoms with Crippen LogP contribution in [0, 0.1) is 5.92 Å². The first-order chi connectivity index (χ1) is 16.5. The number of nitrogens with one attached hydrogen (secondary N) is 3. The van der Waals surface area contributed by atoms with Crippen molar-refractivity contribution in [1.82, 2.24) is 16.0 Å². The zero-order valence-corrected chi connectivity index (χ0v) is 20.8. The highest BCUT2D eigenvalue weighted by molar-refractivity contribution is 5.96. The van der Waals surface area contributed by atoms with Crippen molar-refractivity contribution in [3.05, 3.63) is 0 Å². The molecule has 12 N–H and O–H groups in total. The van der Waals surface area contributed by atoms with Crippen molar-refractivity contribution in [2.45, 2.75) is 89.4 Å². The number of aliphatic carboxylic acids is 1. The Balaban J connectivity index is 5.52. The van der Waals surface area contributed by atoms with E-state index in [9.17, 15) is 29.1 Å². The Morgan fingerprint density at radius 3 is 1.69 bits per heavy atom. The number of carbonyl (C=O) groups excluding carboxylic acids is 4. The van der Waals surface area contributed by atoms with Gasteiger partial charge >= 0.3 is 5.97 Å². The largest absolute Gasteiger partial charge is 0.480 e. The molecule has 202 valence electrons. The molecule has 13 heteroatoms. The molecular weight excluding hydrogens is 458 g/mol. The van der Waals surface area contributed by atoms with Gasteiger partial charge in [0.05, 0.1) is 12.5 Å². The van der Waals surface area contributed by atoms with Gasteiger partial charge in [-0.25, -0.2) is 4.79 Å². The van der Waals surface area contributed by atoms with E-state index in [2.05, 4.69) is 16.0 Å². The van der Waals surface area contributed by atoms with Gasteiger partial charge in [-0.2, -0.15) is 0 Å². The van der Waals surface area contributed by atoms with Crippen LogP contribution in [-0.2, 0) is 24.0 Å². The van der Waals surface area contributed by atoms with Crippen LogP contribution in [-0.4, -0.2) is 72.0 Å². The second kappa shape index (κ2) is 17.6. The van der Waals surface area contributed by atoms with Crippen LogP contribution in [0.4, 0.5) is 0 Å². The maximum Gasteiger partial charge on any atom is 0.326 e. The fraction of sp³-hybridized carbons (Fsp3) is 0.773. The Hall–Kier alpha value is -2.77. The van der Waals surface area contributed by atoms with Crippen LogP contribution in [0.3, 0.4) is 0 Å². The molecule has 0 saturated carbocycles. The first-order valence-electron chi connectivity index (χ1n) is 12.1. The Labute approximate surface area is 206 Å². The molecule has 0 aliphatic carbocycles. The molecule has 5 atom stereocenters. The molecule has 0 saturated heterocycles. The van der Waals surface area contributed by atoms with Crippen LogP contribution in [0.25, 0.3) is 0 Å². The molecule has 0 aromatic carbocycles. The van der Waals surface area contributed by atoms with Gasteiger partial charge in [0.1, 0.15) is 18.1 Å². The topological polar surface area (TPSA) is 246 Å². The normalized spacial score (nSPS) is 15.2. The zero-order valence-electron chi connectivity index (χ0n) is 20.8. The molecule has 4 amide bonds. The molecule has 0 aromatic rings. The molecule has 0 aromatic heterocycles. The van der Waals surface area contributed by atoms with Crippen molar-refractivity contribution in [2.75, 3.05) is 13.1 Å². The third-order valence-corrected chi connectivity index (χ3v) is 5.74. The molecule has 35 heavy (non-hydrogen) atoms. The molecule has 0 radical (unpaired) electrons. The van der Waals surface area contributed by atoms with Crippen LogP contribution < -0.4 is 38.9 Å². The van der Waals surface area contributed by atoms with E-state index in [4.69, 9.17) is 22.9 Å². The third-order valence-electron chi connectivity index (χ3n) is 5.74. The van der Waals surface area contributed by atoms with E-state index in [1.807, 2.05) is 6.92 Å². The number of rotatable bonds is 19. The molecule has 0 aliphatic heterocycles. The van der Waals surface area contributed by atoms with Gasteiger partial charge in [-0.05, 0) is 57.5 Å². The number of carbonyl (C=O) groups is 5. The maximum absolute atomic E-state index is 12.9. The number of hydrogen-bond donors (Lipinski definition) is 8. The summed E-state index contributed by atoms with van der Waals surface area (Å²) >= 11 is 0. The predicted molar refractivity (Wildman–Crippen MR) is 130 cm³/mol. The van der Waals surface area contributed by atoms with Gasteiger partial charge < -0.3 is 44.0 Å². The second-order valence-electron chi connectivity index (χ2n) is 8.67.